The minimum Gasteiger partial charge on any atom is -0.493 e. The van der Waals surface area contributed by atoms with Crippen LogP contribution in [-0.2, 0) is 6.42 Å². The summed E-state index contributed by atoms with van der Waals surface area (Å²) in [5, 5.41) is 4.31. The maximum Gasteiger partial charge on any atom is 0.257 e. The third-order valence-electron chi connectivity index (χ3n) is 5.89. The molecule has 1 unspecified atom stereocenters. The zero-order valence-corrected chi connectivity index (χ0v) is 18.8. The minimum absolute atomic E-state index is 0.0832. The van der Waals surface area contributed by atoms with Crippen molar-refractivity contribution in [1.82, 2.24) is 19.6 Å². The molecule has 1 aliphatic heterocycles. The summed E-state index contributed by atoms with van der Waals surface area (Å²) in [5.74, 6) is 1.59. The zero-order valence-electron chi connectivity index (χ0n) is 18.8. The summed E-state index contributed by atoms with van der Waals surface area (Å²) >= 11 is 0. The lowest BCUT2D eigenvalue weighted by atomic mass is 10.0. The number of methoxy groups -OCH3 is 2. The standard InChI is InChI=1S/C23H34N4O3/c1-17(2)27-15-19(14-24-27)23(28)26-11-6-7-20(16-26)25(3)12-10-18-8-9-21(29-4)22(13-18)30-5/h8-9,13-15,17,20H,6-7,10-12,16H2,1-5H3. The number of carbonyl (C=O) groups is 1. The molecule has 2 aromatic rings. The second kappa shape index (κ2) is 9.98. The summed E-state index contributed by atoms with van der Waals surface area (Å²) in [6.45, 7) is 6.62. The quantitative estimate of drug-likeness (QED) is 0.664. The van der Waals surface area contributed by atoms with Crippen LogP contribution in [0.15, 0.2) is 30.6 Å². The molecule has 1 aromatic carbocycles. The van der Waals surface area contributed by atoms with Crippen molar-refractivity contribution < 1.29 is 14.3 Å². The van der Waals surface area contributed by atoms with Crippen LogP contribution in [0, 0.1) is 0 Å². The van der Waals surface area contributed by atoms with Crippen LogP contribution >= 0.6 is 0 Å². The maximum absolute atomic E-state index is 12.9. The second-order valence-electron chi connectivity index (χ2n) is 8.27. The van der Waals surface area contributed by atoms with Crippen LogP contribution in [0.4, 0.5) is 0 Å². The fraction of sp³-hybridized carbons (Fsp3) is 0.565. The lowest BCUT2D eigenvalue weighted by Gasteiger charge is -2.37. The van der Waals surface area contributed by atoms with Gasteiger partial charge in [-0.2, -0.15) is 5.10 Å². The number of hydrogen-bond acceptors (Lipinski definition) is 5. The van der Waals surface area contributed by atoms with Gasteiger partial charge < -0.3 is 19.3 Å². The minimum atomic E-state index is 0.0832. The molecule has 1 aliphatic rings. The molecule has 1 atom stereocenters. The molecule has 0 radical (unpaired) electrons. The van der Waals surface area contributed by atoms with Crippen LogP contribution < -0.4 is 9.47 Å². The van der Waals surface area contributed by atoms with E-state index in [1.165, 1.54) is 5.56 Å². The molecule has 2 heterocycles. The summed E-state index contributed by atoms with van der Waals surface area (Å²) < 4.78 is 12.6. The number of aromatic nitrogens is 2. The Kier molecular flexibility index (Phi) is 7.37. The number of likely N-dealkylation sites (tertiary alicyclic amines) is 1. The van der Waals surface area contributed by atoms with Gasteiger partial charge in [0, 0.05) is 37.9 Å². The van der Waals surface area contributed by atoms with Gasteiger partial charge in [-0.05, 0) is 57.9 Å². The SMILES string of the molecule is COc1ccc(CCN(C)C2CCCN(C(=O)c3cnn(C(C)C)c3)C2)cc1OC. The monoisotopic (exact) mass is 414 g/mol. The van der Waals surface area contributed by atoms with Crippen molar-refractivity contribution in [3.8, 4) is 11.5 Å². The molecule has 1 saturated heterocycles. The van der Waals surface area contributed by atoms with E-state index in [1.54, 1.807) is 20.4 Å². The van der Waals surface area contributed by atoms with E-state index in [4.69, 9.17) is 9.47 Å². The molecule has 1 aromatic heterocycles. The largest absolute Gasteiger partial charge is 0.493 e. The summed E-state index contributed by atoms with van der Waals surface area (Å²) in [6.07, 6.45) is 6.60. The van der Waals surface area contributed by atoms with Crippen molar-refractivity contribution in [2.24, 2.45) is 0 Å². The highest BCUT2D eigenvalue weighted by atomic mass is 16.5. The average Bonchev–Trinajstić information content (AvgIpc) is 3.27. The molecule has 30 heavy (non-hydrogen) atoms. The van der Waals surface area contributed by atoms with Gasteiger partial charge in [-0.25, -0.2) is 0 Å². The Hall–Kier alpha value is -2.54. The van der Waals surface area contributed by atoms with Gasteiger partial charge >= 0.3 is 0 Å². The molecular formula is C23H34N4O3. The fourth-order valence-electron chi connectivity index (χ4n) is 3.94. The second-order valence-corrected chi connectivity index (χ2v) is 8.27. The molecule has 7 nitrogen and oxygen atoms in total. The van der Waals surface area contributed by atoms with Crippen molar-refractivity contribution in [1.29, 1.82) is 0 Å². The van der Waals surface area contributed by atoms with E-state index in [0.29, 0.717) is 11.6 Å². The third-order valence-corrected chi connectivity index (χ3v) is 5.89. The molecule has 164 valence electrons. The number of ether oxygens (including phenoxy) is 2. The van der Waals surface area contributed by atoms with Crippen LogP contribution in [0.3, 0.4) is 0 Å². The summed E-state index contributed by atoms with van der Waals surface area (Å²) in [4.78, 5) is 17.3. The first-order valence-electron chi connectivity index (χ1n) is 10.7. The Morgan fingerprint density at radius 2 is 2.03 bits per heavy atom. The van der Waals surface area contributed by atoms with E-state index in [9.17, 15) is 4.79 Å². The van der Waals surface area contributed by atoms with Gasteiger partial charge in [-0.1, -0.05) is 6.07 Å². The highest BCUT2D eigenvalue weighted by Gasteiger charge is 2.27. The van der Waals surface area contributed by atoms with E-state index >= 15 is 0 Å². The van der Waals surface area contributed by atoms with Crippen molar-refractivity contribution in [2.45, 2.75) is 45.2 Å². The van der Waals surface area contributed by atoms with Crippen molar-refractivity contribution >= 4 is 5.91 Å². The van der Waals surface area contributed by atoms with E-state index in [1.807, 2.05) is 27.9 Å². The van der Waals surface area contributed by atoms with Gasteiger partial charge in [-0.3, -0.25) is 9.48 Å². The smallest absolute Gasteiger partial charge is 0.257 e. The van der Waals surface area contributed by atoms with Gasteiger partial charge in [-0.15, -0.1) is 0 Å². The predicted octanol–water partition coefficient (Wildman–Crippen LogP) is 3.26. The average molecular weight is 415 g/mol. The third kappa shape index (κ3) is 5.14. The van der Waals surface area contributed by atoms with Gasteiger partial charge in [0.25, 0.3) is 5.91 Å². The van der Waals surface area contributed by atoms with E-state index in [2.05, 4.69) is 37.0 Å². The Bertz CT molecular complexity index is 849. The fourth-order valence-corrected chi connectivity index (χ4v) is 3.94. The van der Waals surface area contributed by atoms with Crippen LogP contribution in [0.2, 0.25) is 0 Å². The van der Waals surface area contributed by atoms with E-state index < -0.39 is 0 Å². The summed E-state index contributed by atoms with van der Waals surface area (Å²) in [7, 11) is 5.46. The highest BCUT2D eigenvalue weighted by molar-refractivity contribution is 5.93. The Morgan fingerprint density at radius 1 is 1.27 bits per heavy atom. The molecule has 0 N–H and O–H groups in total. The molecule has 0 aliphatic carbocycles. The number of nitrogens with zero attached hydrogens (tertiary/aromatic N) is 4. The predicted molar refractivity (Wildman–Crippen MR) is 117 cm³/mol. The normalized spacial score (nSPS) is 16.9. The lowest BCUT2D eigenvalue weighted by Crippen LogP contribution is -2.49. The van der Waals surface area contributed by atoms with Gasteiger partial charge in [0.05, 0.1) is 26.0 Å². The Morgan fingerprint density at radius 3 is 2.70 bits per heavy atom. The van der Waals surface area contributed by atoms with Gasteiger partial charge in [0.2, 0.25) is 0 Å². The van der Waals surface area contributed by atoms with Crippen molar-refractivity contribution in [3.63, 3.8) is 0 Å². The van der Waals surface area contributed by atoms with Crippen LogP contribution in [0.5, 0.6) is 11.5 Å². The van der Waals surface area contributed by atoms with Crippen LogP contribution in [0.1, 0.15) is 48.7 Å². The number of carbonyl (C=O) groups excluding carboxylic acids is 1. The van der Waals surface area contributed by atoms with Gasteiger partial charge in [0.15, 0.2) is 11.5 Å². The Balaban J connectivity index is 1.57. The summed E-state index contributed by atoms with van der Waals surface area (Å²) in [5.41, 5.74) is 1.89. The van der Waals surface area contributed by atoms with E-state index in [-0.39, 0.29) is 11.9 Å². The molecule has 7 heteroatoms. The van der Waals surface area contributed by atoms with Crippen LogP contribution in [-0.4, -0.2) is 72.4 Å². The van der Waals surface area contributed by atoms with Gasteiger partial charge in [0.1, 0.15) is 0 Å². The zero-order chi connectivity index (χ0) is 21.7. The number of likely N-dealkylation sites (N-methyl/N-ethyl adjacent to an activating group) is 1. The first kappa shape index (κ1) is 22.2. The molecular weight excluding hydrogens is 380 g/mol. The molecule has 1 fully saturated rings. The number of rotatable bonds is 8. The molecule has 3 rings (SSSR count). The number of piperidine rings is 1. The number of benzene rings is 1. The highest BCUT2D eigenvalue weighted by Crippen LogP contribution is 2.28. The summed E-state index contributed by atoms with van der Waals surface area (Å²) in [6, 6.07) is 6.69. The molecule has 0 spiro atoms. The first-order chi connectivity index (χ1) is 14.4. The van der Waals surface area contributed by atoms with E-state index in [0.717, 1.165) is 50.4 Å². The number of amides is 1. The van der Waals surface area contributed by atoms with Crippen LogP contribution in [0.25, 0.3) is 0 Å². The van der Waals surface area contributed by atoms with Crippen molar-refractivity contribution in [2.75, 3.05) is 40.9 Å². The molecule has 1 amide bonds. The molecule has 0 bridgehead atoms. The topological polar surface area (TPSA) is 59.8 Å². The van der Waals surface area contributed by atoms with Crippen molar-refractivity contribution in [3.05, 3.63) is 41.7 Å². The number of hydrogen-bond donors (Lipinski definition) is 0. The maximum atomic E-state index is 12.9. The first-order valence-corrected chi connectivity index (χ1v) is 10.7. The lowest BCUT2D eigenvalue weighted by molar-refractivity contribution is 0.0611. The molecule has 0 saturated carbocycles. The Labute approximate surface area is 179 Å².